The molecule has 0 saturated carbocycles. The molecule has 2 aromatic carbocycles. The number of aromatic nitrogens is 2. The standard InChI is InChI=1S/C17H13FN2O4/c1-23-16(21)13-4-2-3-11(9-13)10-20-17(22)24-15(19-20)12-5-7-14(18)8-6-12/h2-9H,10H2,1H3. The summed E-state index contributed by atoms with van der Waals surface area (Å²) in [6, 6.07) is 12.1. The molecule has 122 valence electrons. The summed E-state index contributed by atoms with van der Waals surface area (Å²) in [5.41, 5.74) is 1.57. The zero-order valence-electron chi connectivity index (χ0n) is 12.7. The van der Waals surface area contributed by atoms with Crippen LogP contribution < -0.4 is 5.76 Å². The van der Waals surface area contributed by atoms with E-state index in [9.17, 15) is 14.0 Å². The third-order valence-electron chi connectivity index (χ3n) is 3.38. The lowest BCUT2D eigenvalue weighted by Gasteiger charge is -2.03. The predicted molar refractivity (Wildman–Crippen MR) is 83.0 cm³/mol. The fourth-order valence-electron chi connectivity index (χ4n) is 2.20. The summed E-state index contributed by atoms with van der Waals surface area (Å²) in [6.45, 7) is 0.133. The smallest absolute Gasteiger partial charge is 0.437 e. The highest BCUT2D eigenvalue weighted by Crippen LogP contribution is 2.16. The lowest BCUT2D eigenvalue weighted by molar-refractivity contribution is 0.0600. The molecule has 0 aliphatic rings. The SMILES string of the molecule is COC(=O)c1cccc(Cn2nc(-c3ccc(F)cc3)oc2=O)c1. The molecule has 0 spiro atoms. The summed E-state index contributed by atoms with van der Waals surface area (Å²) in [5.74, 6) is -1.39. The van der Waals surface area contributed by atoms with Crippen LogP contribution >= 0.6 is 0 Å². The summed E-state index contributed by atoms with van der Waals surface area (Å²) < 4.78 is 23.8. The summed E-state index contributed by atoms with van der Waals surface area (Å²) >= 11 is 0. The molecule has 0 saturated heterocycles. The van der Waals surface area contributed by atoms with Gasteiger partial charge >= 0.3 is 11.7 Å². The minimum Gasteiger partial charge on any atom is -0.465 e. The Balaban J connectivity index is 1.87. The molecule has 3 rings (SSSR count). The van der Waals surface area contributed by atoms with Gasteiger partial charge in [0.1, 0.15) is 5.82 Å². The van der Waals surface area contributed by atoms with Gasteiger partial charge in [-0.25, -0.2) is 14.0 Å². The molecule has 6 nitrogen and oxygen atoms in total. The van der Waals surface area contributed by atoms with Crippen molar-refractivity contribution in [3.8, 4) is 11.5 Å². The van der Waals surface area contributed by atoms with Crippen LogP contribution in [-0.4, -0.2) is 22.9 Å². The van der Waals surface area contributed by atoms with E-state index in [1.165, 1.54) is 31.4 Å². The summed E-state index contributed by atoms with van der Waals surface area (Å²) in [5, 5.41) is 4.10. The van der Waals surface area contributed by atoms with Crippen LogP contribution in [-0.2, 0) is 11.3 Å². The number of hydrogen-bond donors (Lipinski definition) is 0. The normalized spacial score (nSPS) is 10.6. The fraction of sp³-hybridized carbons (Fsp3) is 0.118. The first kappa shape index (κ1) is 15.7. The van der Waals surface area contributed by atoms with Crippen molar-refractivity contribution < 1.29 is 18.3 Å². The van der Waals surface area contributed by atoms with Gasteiger partial charge in [0.25, 0.3) is 0 Å². The minimum absolute atomic E-state index is 0.101. The minimum atomic E-state index is -0.641. The monoisotopic (exact) mass is 328 g/mol. The number of esters is 1. The number of benzene rings is 2. The van der Waals surface area contributed by atoms with Crippen molar-refractivity contribution in [3.05, 3.63) is 76.0 Å². The van der Waals surface area contributed by atoms with Crippen molar-refractivity contribution in [2.45, 2.75) is 6.54 Å². The summed E-state index contributed by atoms with van der Waals surface area (Å²) in [6.07, 6.45) is 0. The summed E-state index contributed by atoms with van der Waals surface area (Å²) in [7, 11) is 1.30. The van der Waals surface area contributed by atoms with Crippen LogP contribution in [0.15, 0.2) is 57.7 Å². The zero-order chi connectivity index (χ0) is 17.1. The first-order valence-corrected chi connectivity index (χ1v) is 7.08. The van der Waals surface area contributed by atoms with Crippen molar-refractivity contribution in [1.29, 1.82) is 0 Å². The van der Waals surface area contributed by atoms with E-state index in [4.69, 9.17) is 4.42 Å². The second-order valence-electron chi connectivity index (χ2n) is 5.03. The number of nitrogens with zero attached hydrogens (tertiary/aromatic N) is 2. The maximum Gasteiger partial charge on any atom is 0.437 e. The quantitative estimate of drug-likeness (QED) is 0.688. The van der Waals surface area contributed by atoms with Crippen LogP contribution in [0.3, 0.4) is 0 Å². The van der Waals surface area contributed by atoms with E-state index in [-0.39, 0.29) is 18.3 Å². The molecular formula is C17H13FN2O4. The van der Waals surface area contributed by atoms with Crippen LogP contribution in [0.25, 0.3) is 11.5 Å². The van der Waals surface area contributed by atoms with Crippen LogP contribution in [0.1, 0.15) is 15.9 Å². The van der Waals surface area contributed by atoms with Crippen molar-refractivity contribution in [1.82, 2.24) is 9.78 Å². The van der Waals surface area contributed by atoms with E-state index in [0.717, 1.165) is 4.68 Å². The van der Waals surface area contributed by atoms with Gasteiger partial charge in [0, 0.05) is 5.56 Å². The van der Waals surface area contributed by atoms with Gasteiger partial charge < -0.3 is 9.15 Å². The Kier molecular flexibility index (Phi) is 4.24. The van der Waals surface area contributed by atoms with Crippen LogP contribution in [0, 0.1) is 5.82 Å². The Hall–Kier alpha value is -3.22. The van der Waals surface area contributed by atoms with Crippen LogP contribution in [0.5, 0.6) is 0 Å². The number of methoxy groups -OCH3 is 1. The van der Waals surface area contributed by atoms with Crippen LogP contribution in [0.4, 0.5) is 4.39 Å². The molecule has 0 aliphatic heterocycles. The van der Waals surface area contributed by atoms with Gasteiger partial charge in [-0.3, -0.25) is 0 Å². The number of ether oxygens (including phenoxy) is 1. The molecule has 1 heterocycles. The maximum absolute atomic E-state index is 13.0. The lowest BCUT2D eigenvalue weighted by Crippen LogP contribution is -2.16. The van der Waals surface area contributed by atoms with E-state index in [1.54, 1.807) is 24.3 Å². The summed E-state index contributed by atoms with van der Waals surface area (Å²) in [4.78, 5) is 23.5. The number of rotatable bonds is 4. The molecule has 3 aromatic rings. The number of halogens is 1. The molecule has 0 N–H and O–H groups in total. The fourth-order valence-corrected chi connectivity index (χ4v) is 2.20. The Morgan fingerprint density at radius 3 is 2.71 bits per heavy atom. The molecule has 0 radical (unpaired) electrons. The topological polar surface area (TPSA) is 74.3 Å². The molecule has 0 bridgehead atoms. The molecule has 0 aliphatic carbocycles. The Morgan fingerprint density at radius 1 is 1.25 bits per heavy atom. The molecule has 0 unspecified atom stereocenters. The molecule has 0 atom stereocenters. The first-order valence-electron chi connectivity index (χ1n) is 7.08. The number of carbonyl (C=O) groups excluding carboxylic acids is 1. The van der Waals surface area contributed by atoms with E-state index < -0.39 is 11.7 Å². The van der Waals surface area contributed by atoms with Crippen molar-refractivity contribution in [3.63, 3.8) is 0 Å². The molecule has 1 aromatic heterocycles. The lowest BCUT2D eigenvalue weighted by atomic mass is 10.1. The van der Waals surface area contributed by atoms with E-state index in [0.29, 0.717) is 16.7 Å². The van der Waals surface area contributed by atoms with Gasteiger partial charge in [-0.2, -0.15) is 4.68 Å². The van der Waals surface area contributed by atoms with Gasteiger partial charge in [-0.15, -0.1) is 5.10 Å². The molecule has 0 fully saturated rings. The second-order valence-corrected chi connectivity index (χ2v) is 5.03. The molecular weight excluding hydrogens is 315 g/mol. The van der Waals surface area contributed by atoms with Gasteiger partial charge in [0.2, 0.25) is 5.89 Å². The van der Waals surface area contributed by atoms with Gasteiger partial charge in [0.15, 0.2) is 0 Å². The highest BCUT2D eigenvalue weighted by atomic mass is 19.1. The highest BCUT2D eigenvalue weighted by Gasteiger charge is 2.12. The molecule has 0 amide bonds. The first-order chi connectivity index (χ1) is 11.6. The number of hydrogen-bond acceptors (Lipinski definition) is 5. The second kappa shape index (κ2) is 6.49. The zero-order valence-corrected chi connectivity index (χ0v) is 12.7. The predicted octanol–water partition coefficient (Wildman–Crippen LogP) is 2.48. The van der Waals surface area contributed by atoms with Crippen molar-refractivity contribution >= 4 is 5.97 Å². The van der Waals surface area contributed by atoms with E-state index in [1.807, 2.05) is 0 Å². The van der Waals surface area contributed by atoms with Crippen molar-refractivity contribution in [2.75, 3.05) is 7.11 Å². The average Bonchev–Trinajstić information content (AvgIpc) is 2.95. The Bertz CT molecular complexity index is 928. The highest BCUT2D eigenvalue weighted by molar-refractivity contribution is 5.89. The Labute approximate surface area is 136 Å². The molecule has 24 heavy (non-hydrogen) atoms. The van der Waals surface area contributed by atoms with E-state index >= 15 is 0 Å². The van der Waals surface area contributed by atoms with Crippen molar-refractivity contribution in [2.24, 2.45) is 0 Å². The van der Waals surface area contributed by atoms with Gasteiger partial charge in [-0.1, -0.05) is 12.1 Å². The average molecular weight is 328 g/mol. The molecule has 7 heteroatoms. The maximum atomic E-state index is 13.0. The Morgan fingerprint density at radius 2 is 2.00 bits per heavy atom. The number of carbonyl (C=O) groups is 1. The van der Waals surface area contributed by atoms with Gasteiger partial charge in [0.05, 0.1) is 19.2 Å². The van der Waals surface area contributed by atoms with Crippen LogP contribution in [0.2, 0.25) is 0 Å². The third kappa shape index (κ3) is 3.24. The largest absolute Gasteiger partial charge is 0.465 e. The van der Waals surface area contributed by atoms with E-state index in [2.05, 4.69) is 9.84 Å². The third-order valence-corrected chi connectivity index (χ3v) is 3.38. The van der Waals surface area contributed by atoms with Gasteiger partial charge in [-0.05, 0) is 42.0 Å².